The molecule has 0 radical (unpaired) electrons. The van der Waals surface area contributed by atoms with Crippen LogP contribution in [-0.2, 0) is 0 Å². The van der Waals surface area contributed by atoms with Crippen LogP contribution in [0, 0.1) is 0 Å². The summed E-state index contributed by atoms with van der Waals surface area (Å²) in [5, 5.41) is 4.14. The van der Waals surface area contributed by atoms with Gasteiger partial charge >= 0.3 is 5.76 Å². The van der Waals surface area contributed by atoms with Crippen LogP contribution in [0.2, 0.25) is 5.02 Å². The van der Waals surface area contributed by atoms with Gasteiger partial charge in [0.2, 0.25) is 5.82 Å². The minimum Gasteiger partial charge on any atom is -0.343 e. The quantitative estimate of drug-likeness (QED) is 0.585. The Balaban J connectivity index is 1.86. The predicted octanol–water partition coefficient (Wildman–Crippen LogP) is 2.02. The molecule has 3 aromatic heterocycles. The molecular formula is C13H7ClN6O2. The monoisotopic (exact) mass is 314 g/mol. The second kappa shape index (κ2) is 4.78. The first-order valence-electron chi connectivity index (χ1n) is 6.22. The fraction of sp³-hybridized carbons (Fsp3) is 0. The molecule has 0 bridgehead atoms. The zero-order valence-corrected chi connectivity index (χ0v) is 11.6. The third-order valence-electron chi connectivity index (χ3n) is 3.13. The van der Waals surface area contributed by atoms with Crippen molar-refractivity contribution in [3.05, 3.63) is 46.4 Å². The van der Waals surface area contributed by atoms with E-state index < -0.39 is 5.76 Å². The maximum atomic E-state index is 11.0. The van der Waals surface area contributed by atoms with E-state index in [2.05, 4.69) is 34.6 Å². The van der Waals surface area contributed by atoms with Crippen molar-refractivity contribution in [3.63, 3.8) is 0 Å². The molecular weight excluding hydrogens is 308 g/mol. The Morgan fingerprint density at radius 2 is 1.95 bits per heavy atom. The first-order chi connectivity index (χ1) is 10.7. The first kappa shape index (κ1) is 12.7. The second-order valence-electron chi connectivity index (χ2n) is 4.49. The van der Waals surface area contributed by atoms with Gasteiger partial charge in [0, 0.05) is 5.56 Å². The molecule has 0 amide bonds. The lowest BCUT2D eigenvalue weighted by Gasteiger charge is -2.03. The Morgan fingerprint density at radius 3 is 2.77 bits per heavy atom. The van der Waals surface area contributed by atoms with Crippen molar-refractivity contribution in [1.82, 2.24) is 30.1 Å². The van der Waals surface area contributed by atoms with Crippen LogP contribution in [-0.4, -0.2) is 30.1 Å². The van der Waals surface area contributed by atoms with E-state index in [1.807, 2.05) is 6.07 Å². The summed E-state index contributed by atoms with van der Waals surface area (Å²) < 4.78 is 4.47. The molecule has 9 heteroatoms. The zero-order valence-electron chi connectivity index (χ0n) is 10.9. The molecule has 0 aliphatic rings. The van der Waals surface area contributed by atoms with E-state index in [0.29, 0.717) is 16.4 Å². The summed E-state index contributed by atoms with van der Waals surface area (Å²) >= 11 is 6.22. The third-order valence-corrected chi connectivity index (χ3v) is 3.43. The summed E-state index contributed by atoms with van der Waals surface area (Å²) in [6.45, 7) is 0. The Bertz CT molecular complexity index is 1030. The van der Waals surface area contributed by atoms with E-state index in [1.165, 1.54) is 6.33 Å². The van der Waals surface area contributed by atoms with Crippen LogP contribution in [0.25, 0.3) is 33.8 Å². The van der Waals surface area contributed by atoms with Crippen molar-refractivity contribution in [3.8, 4) is 22.8 Å². The smallest absolute Gasteiger partial charge is 0.343 e. The number of benzene rings is 1. The number of nitrogens with one attached hydrogen (secondary N) is 2. The average Bonchev–Trinajstić information content (AvgIpc) is 3.16. The molecule has 4 rings (SSSR count). The Morgan fingerprint density at radius 1 is 1.09 bits per heavy atom. The number of aromatic nitrogens is 6. The molecule has 0 spiro atoms. The van der Waals surface area contributed by atoms with Gasteiger partial charge in [0.15, 0.2) is 0 Å². The molecule has 108 valence electrons. The average molecular weight is 315 g/mol. The van der Waals surface area contributed by atoms with E-state index in [1.54, 1.807) is 18.5 Å². The van der Waals surface area contributed by atoms with Crippen LogP contribution in [0.3, 0.4) is 0 Å². The molecule has 22 heavy (non-hydrogen) atoms. The Hall–Kier alpha value is -3.00. The number of nitrogens with zero attached hydrogens (tertiary/aromatic N) is 4. The molecule has 1 aromatic carbocycles. The Kier molecular flexibility index (Phi) is 2.76. The van der Waals surface area contributed by atoms with Gasteiger partial charge < -0.3 is 4.98 Å². The van der Waals surface area contributed by atoms with E-state index in [9.17, 15) is 4.79 Å². The van der Waals surface area contributed by atoms with Crippen molar-refractivity contribution in [2.75, 3.05) is 0 Å². The van der Waals surface area contributed by atoms with Crippen molar-refractivity contribution >= 4 is 22.6 Å². The molecule has 3 heterocycles. The molecule has 4 aromatic rings. The highest BCUT2D eigenvalue weighted by Crippen LogP contribution is 2.28. The van der Waals surface area contributed by atoms with Gasteiger partial charge in [0.25, 0.3) is 0 Å². The van der Waals surface area contributed by atoms with Crippen LogP contribution in [0.4, 0.5) is 0 Å². The normalized spacial score (nSPS) is 11.1. The number of H-pyrrole nitrogens is 2. The van der Waals surface area contributed by atoms with Crippen molar-refractivity contribution in [2.24, 2.45) is 0 Å². The topological polar surface area (TPSA) is 113 Å². The van der Waals surface area contributed by atoms with Gasteiger partial charge in [-0.05, 0) is 18.2 Å². The van der Waals surface area contributed by atoms with Crippen molar-refractivity contribution < 1.29 is 4.52 Å². The minimum atomic E-state index is -0.642. The van der Waals surface area contributed by atoms with E-state index in [-0.39, 0.29) is 5.82 Å². The molecule has 0 aliphatic heterocycles. The molecule has 0 saturated heterocycles. The van der Waals surface area contributed by atoms with E-state index in [0.717, 1.165) is 16.6 Å². The molecule has 0 atom stereocenters. The summed E-state index contributed by atoms with van der Waals surface area (Å²) in [7, 11) is 0. The van der Waals surface area contributed by atoms with Crippen LogP contribution in [0.1, 0.15) is 0 Å². The highest BCUT2D eigenvalue weighted by atomic mass is 35.5. The molecule has 0 aliphatic carbocycles. The highest BCUT2D eigenvalue weighted by Gasteiger charge is 2.11. The summed E-state index contributed by atoms with van der Waals surface area (Å²) in [5.74, 6) is -0.406. The number of fused-ring (bicyclic) bond motifs is 1. The van der Waals surface area contributed by atoms with Gasteiger partial charge in [0.1, 0.15) is 12.0 Å². The lowest BCUT2D eigenvalue weighted by molar-refractivity contribution is 0.387. The van der Waals surface area contributed by atoms with E-state index >= 15 is 0 Å². The molecule has 8 nitrogen and oxygen atoms in total. The lowest BCUT2D eigenvalue weighted by atomic mass is 10.1. The van der Waals surface area contributed by atoms with Crippen LogP contribution < -0.4 is 5.76 Å². The number of hydrogen-bond acceptors (Lipinski definition) is 6. The minimum absolute atomic E-state index is 0.237. The van der Waals surface area contributed by atoms with Crippen molar-refractivity contribution in [2.45, 2.75) is 0 Å². The molecule has 0 saturated carbocycles. The van der Waals surface area contributed by atoms with Gasteiger partial charge in [-0.3, -0.25) is 9.51 Å². The lowest BCUT2D eigenvalue weighted by Crippen LogP contribution is -1.96. The number of rotatable bonds is 2. The largest absolute Gasteiger partial charge is 0.439 e. The maximum absolute atomic E-state index is 11.0. The molecule has 0 unspecified atom stereocenters. The number of hydrogen-bond donors (Lipinski definition) is 2. The second-order valence-corrected chi connectivity index (χ2v) is 4.89. The van der Waals surface area contributed by atoms with Gasteiger partial charge in [-0.25, -0.2) is 19.7 Å². The van der Waals surface area contributed by atoms with Crippen LogP contribution >= 0.6 is 11.6 Å². The van der Waals surface area contributed by atoms with Gasteiger partial charge in [-0.1, -0.05) is 16.8 Å². The summed E-state index contributed by atoms with van der Waals surface area (Å²) in [5.41, 5.74) is 3.34. The number of imidazole rings is 1. The summed E-state index contributed by atoms with van der Waals surface area (Å²) in [4.78, 5) is 28.9. The maximum Gasteiger partial charge on any atom is 0.439 e. The zero-order chi connectivity index (χ0) is 15.1. The fourth-order valence-electron chi connectivity index (χ4n) is 2.14. The highest BCUT2D eigenvalue weighted by molar-refractivity contribution is 6.35. The number of aromatic amines is 2. The van der Waals surface area contributed by atoms with Gasteiger partial charge in [-0.2, -0.15) is 0 Å². The third kappa shape index (κ3) is 2.06. The molecule has 0 fully saturated rings. The predicted molar refractivity (Wildman–Crippen MR) is 78.2 cm³/mol. The van der Waals surface area contributed by atoms with Crippen LogP contribution in [0.15, 0.2) is 40.2 Å². The Labute approximate surface area is 127 Å². The van der Waals surface area contributed by atoms with Crippen LogP contribution in [0.5, 0.6) is 0 Å². The number of halogens is 1. The summed E-state index contributed by atoms with van der Waals surface area (Å²) in [6, 6.07) is 5.31. The molecule has 2 N–H and O–H groups in total. The fourth-order valence-corrected chi connectivity index (χ4v) is 2.40. The standard InChI is InChI=1S/C13H7ClN6O2/c14-7-1-6(2-9-11(7)18-5-16-9)8-3-10(17-4-15-8)12-19-13(21)22-20-12/h1-5H,(H,16,18)(H,19,20,21). The van der Waals surface area contributed by atoms with Crippen molar-refractivity contribution in [1.29, 1.82) is 0 Å². The summed E-state index contributed by atoms with van der Waals surface area (Å²) in [6.07, 6.45) is 2.95. The van der Waals surface area contributed by atoms with E-state index in [4.69, 9.17) is 11.6 Å². The van der Waals surface area contributed by atoms with Gasteiger partial charge in [-0.15, -0.1) is 0 Å². The van der Waals surface area contributed by atoms with Gasteiger partial charge in [0.05, 0.1) is 28.1 Å². The first-order valence-corrected chi connectivity index (χ1v) is 6.60. The SMILES string of the molecule is O=c1[nH]c(-c2cc(-c3cc(Cl)c4[nH]cnc4c3)ncn2)no1.